The third kappa shape index (κ3) is 2.02. The van der Waals surface area contributed by atoms with E-state index in [-0.39, 0.29) is 5.69 Å². The van der Waals surface area contributed by atoms with E-state index in [1.165, 1.54) is 0 Å². The largest absolute Gasteiger partial charge is 0.476 e. The number of hydrogen-bond donors (Lipinski definition) is 1. The van der Waals surface area contributed by atoms with Gasteiger partial charge in [-0.05, 0) is 6.07 Å². The van der Waals surface area contributed by atoms with Gasteiger partial charge >= 0.3 is 5.97 Å². The maximum atomic E-state index is 11.2. The number of nitrogens with zero attached hydrogens (tertiary/aromatic N) is 3. The first-order valence-electron chi connectivity index (χ1n) is 5.46. The summed E-state index contributed by atoms with van der Waals surface area (Å²) >= 11 is 0. The zero-order chi connectivity index (χ0) is 13.1. The molecule has 1 aromatic carbocycles. The van der Waals surface area contributed by atoms with Crippen LogP contribution in [-0.4, -0.2) is 34.9 Å². The van der Waals surface area contributed by atoms with Gasteiger partial charge in [-0.25, -0.2) is 4.79 Å². The van der Waals surface area contributed by atoms with Gasteiger partial charge < -0.3 is 10.0 Å². The molecular formula is C13H13N3O2. The number of benzene rings is 1. The fourth-order valence-corrected chi connectivity index (χ4v) is 1.86. The fourth-order valence-electron chi connectivity index (χ4n) is 1.86. The maximum Gasteiger partial charge on any atom is 0.358 e. The number of carboxylic acid groups (broad SMARTS) is 1. The van der Waals surface area contributed by atoms with Gasteiger partial charge in [0, 0.05) is 19.0 Å². The lowest BCUT2D eigenvalue weighted by atomic mass is 10.1. The Morgan fingerprint density at radius 1 is 1.44 bits per heavy atom. The average molecular weight is 243 g/mol. The van der Waals surface area contributed by atoms with Crippen LogP contribution in [0.4, 0.5) is 5.69 Å². The lowest BCUT2D eigenvalue weighted by Gasteiger charge is -2.20. The van der Waals surface area contributed by atoms with Crippen molar-refractivity contribution < 1.29 is 9.90 Å². The standard InChI is InChI=1S/C13H13N3O2/c1-3-8-16(2)12-9-6-4-5-7-10(9)14-15-11(12)13(17)18/h3-7H,1,8H2,2H3,(H,17,18). The number of fused-ring (bicyclic) bond motifs is 1. The summed E-state index contributed by atoms with van der Waals surface area (Å²) in [4.78, 5) is 13.0. The second-order valence-corrected chi connectivity index (χ2v) is 3.89. The molecule has 2 rings (SSSR count). The molecule has 1 aromatic heterocycles. The number of hydrogen-bond acceptors (Lipinski definition) is 4. The van der Waals surface area contributed by atoms with Crippen molar-refractivity contribution in [1.82, 2.24) is 10.2 Å². The number of aromatic carboxylic acids is 1. The average Bonchev–Trinajstić information content (AvgIpc) is 2.37. The van der Waals surface area contributed by atoms with Gasteiger partial charge in [0.1, 0.15) is 0 Å². The molecule has 0 aliphatic heterocycles. The van der Waals surface area contributed by atoms with Gasteiger partial charge in [-0.15, -0.1) is 16.8 Å². The monoisotopic (exact) mass is 243 g/mol. The summed E-state index contributed by atoms with van der Waals surface area (Å²) in [5.74, 6) is -1.08. The first-order chi connectivity index (χ1) is 8.65. The van der Waals surface area contributed by atoms with Crippen LogP contribution in [0.25, 0.3) is 10.9 Å². The van der Waals surface area contributed by atoms with Crippen molar-refractivity contribution in [3.63, 3.8) is 0 Å². The van der Waals surface area contributed by atoms with E-state index < -0.39 is 5.97 Å². The highest BCUT2D eigenvalue weighted by atomic mass is 16.4. The summed E-state index contributed by atoms with van der Waals surface area (Å²) in [6.45, 7) is 4.19. The fraction of sp³-hybridized carbons (Fsp3) is 0.154. The van der Waals surface area contributed by atoms with Crippen LogP contribution in [0.5, 0.6) is 0 Å². The topological polar surface area (TPSA) is 66.3 Å². The Labute approximate surface area is 104 Å². The molecule has 0 spiro atoms. The highest BCUT2D eigenvalue weighted by Gasteiger charge is 2.18. The van der Waals surface area contributed by atoms with Crippen molar-refractivity contribution in [2.24, 2.45) is 0 Å². The summed E-state index contributed by atoms with van der Waals surface area (Å²) < 4.78 is 0. The molecule has 0 bridgehead atoms. The van der Waals surface area contributed by atoms with E-state index in [0.717, 1.165) is 5.39 Å². The summed E-state index contributed by atoms with van der Waals surface area (Å²) in [5.41, 5.74) is 1.19. The predicted molar refractivity (Wildman–Crippen MR) is 70.0 cm³/mol. The minimum absolute atomic E-state index is 0.0435. The van der Waals surface area contributed by atoms with E-state index in [1.54, 1.807) is 24.1 Å². The first kappa shape index (κ1) is 12.0. The quantitative estimate of drug-likeness (QED) is 0.831. The van der Waals surface area contributed by atoms with Gasteiger partial charge in [0.05, 0.1) is 11.2 Å². The molecule has 0 aliphatic rings. The molecule has 0 atom stereocenters. The van der Waals surface area contributed by atoms with E-state index in [1.807, 2.05) is 18.2 Å². The molecule has 2 aromatic rings. The summed E-state index contributed by atoms with van der Waals surface area (Å²) in [6, 6.07) is 7.33. The second kappa shape index (κ2) is 4.83. The Kier molecular flexibility index (Phi) is 3.23. The molecule has 0 saturated heterocycles. The molecule has 0 aliphatic carbocycles. The number of carboxylic acids is 1. The number of carbonyl (C=O) groups is 1. The van der Waals surface area contributed by atoms with E-state index >= 15 is 0 Å². The van der Waals surface area contributed by atoms with E-state index in [9.17, 15) is 9.90 Å². The molecule has 92 valence electrons. The van der Waals surface area contributed by atoms with Gasteiger partial charge in [0.2, 0.25) is 0 Å². The Bertz CT molecular complexity index is 610. The summed E-state index contributed by atoms with van der Waals surface area (Å²) in [5, 5.41) is 17.7. The van der Waals surface area contributed by atoms with Gasteiger partial charge in [-0.2, -0.15) is 0 Å². The number of likely N-dealkylation sites (N-methyl/N-ethyl adjacent to an activating group) is 1. The minimum Gasteiger partial charge on any atom is -0.476 e. The Balaban J connectivity index is 2.73. The highest BCUT2D eigenvalue weighted by molar-refractivity contribution is 6.02. The number of aromatic nitrogens is 2. The summed E-state index contributed by atoms with van der Waals surface area (Å²) in [6.07, 6.45) is 1.71. The highest BCUT2D eigenvalue weighted by Crippen LogP contribution is 2.27. The van der Waals surface area contributed by atoms with Crippen molar-refractivity contribution in [2.75, 3.05) is 18.5 Å². The van der Waals surface area contributed by atoms with Gasteiger partial charge in [0.15, 0.2) is 5.69 Å². The van der Waals surface area contributed by atoms with Crippen LogP contribution in [0.2, 0.25) is 0 Å². The van der Waals surface area contributed by atoms with Crippen LogP contribution < -0.4 is 4.90 Å². The van der Waals surface area contributed by atoms with Gasteiger partial charge in [-0.3, -0.25) is 0 Å². The molecule has 0 saturated carbocycles. The molecule has 1 heterocycles. The molecule has 0 radical (unpaired) electrons. The van der Waals surface area contributed by atoms with Crippen molar-refractivity contribution in [1.29, 1.82) is 0 Å². The van der Waals surface area contributed by atoms with Crippen LogP contribution in [0.1, 0.15) is 10.5 Å². The van der Waals surface area contributed by atoms with Crippen LogP contribution in [0.15, 0.2) is 36.9 Å². The van der Waals surface area contributed by atoms with Crippen LogP contribution >= 0.6 is 0 Å². The Morgan fingerprint density at radius 3 is 2.83 bits per heavy atom. The van der Waals surface area contributed by atoms with Gasteiger partial charge in [-0.1, -0.05) is 24.3 Å². The maximum absolute atomic E-state index is 11.2. The smallest absolute Gasteiger partial charge is 0.358 e. The van der Waals surface area contributed by atoms with E-state index in [0.29, 0.717) is 17.7 Å². The van der Waals surface area contributed by atoms with Gasteiger partial charge in [0.25, 0.3) is 0 Å². The molecule has 5 nitrogen and oxygen atoms in total. The third-order valence-corrected chi connectivity index (χ3v) is 2.63. The zero-order valence-electron chi connectivity index (χ0n) is 10.00. The third-order valence-electron chi connectivity index (χ3n) is 2.63. The minimum atomic E-state index is -1.08. The molecule has 5 heteroatoms. The SMILES string of the molecule is C=CCN(C)c1c(C(=O)O)nnc2ccccc12. The van der Waals surface area contributed by atoms with Crippen molar-refractivity contribution in [2.45, 2.75) is 0 Å². The van der Waals surface area contributed by atoms with Crippen LogP contribution in [-0.2, 0) is 0 Å². The van der Waals surface area contributed by atoms with E-state index in [2.05, 4.69) is 16.8 Å². The molecule has 0 amide bonds. The van der Waals surface area contributed by atoms with Crippen LogP contribution in [0.3, 0.4) is 0 Å². The Morgan fingerprint density at radius 2 is 2.17 bits per heavy atom. The van der Waals surface area contributed by atoms with Crippen LogP contribution in [0, 0.1) is 0 Å². The molecular weight excluding hydrogens is 230 g/mol. The normalized spacial score (nSPS) is 10.3. The van der Waals surface area contributed by atoms with Crippen molar-refractivity contribution >= 4 is 22.6 Å². The lowest BCUT2D eigenvalue weighted by molar-refractivity contribution is 0.0690. The molecule has 18 heavy (non-hydrogen) atoms. The molecule has 0 fully saturated rings. The van der Waals surface area contributed by atoms with Crippen molar-refractivity contribution in [3.8, 4) is 0 Å². The van der Waals surface area contributed by atoms with Crippen molar-refractivity contribution in [3.05, 3.63) is 42.6 Å². The first-order valence-corrected chi connectivity index (χ1v) is 5.46. The lowest BCUT2D eigenvalue weighted by Crippen LogP contribution is -2.21. The molecule has 0 unspecified atom stereocenters. The van der Waals surface area contributed by atoms with E-state index in [4.69, 9.17) is 0 Å². The predicted octanol–water partition coefficient (Wildman–Crippen LogP) is 1.95. The second-order valence-electron chi connectivity index (χ2n) is 3.89. The molecule has 1 N–H and O–H groups in total. The zero-order valence-corrected chi connectivity index (χ0v) is 10.00. The Hall–Kier alpha value is -2.43. The number of rotatable bonds is 4. The summed E-state index contributed by atoms with van der Waals surface area (Å²) in [7, 11) is 1.80. The number of anilines is 1.